The molecule has 1 unspecified atom stereocenters. The molecule has 1 aromatic rings. The molecule has 1 aliphatic carbocycles. The van der Waals surface area contributed by atoms with Crippen molar-refractivity contribution >= 4 is 0 Å². The van der Waals surface area contributed by atoms with Gasteiger partial charge in [0, 0.05) is 36.9 Å². The molecule has 0 aromatic carbocycles. The van der Waals surface area contributed by atoms with Crippen LogP contribution >= 0.6 is 0 Å². The van der Waals surface area contributed by atoms with E-state index in [1.807, 2.05) is 6.20 Å². The number of aliphatic hydroxyl groups is 1. The van der Waals surface area contributed by atoms with Crippen LogP contribution in [0.1, 0.15) is 51.8 Å². The third-order valence-electron chi connectivity index (χ3n) is 3.97. The standard InChI is InChI=1S/C15H27N3O/c1-3-14-16-9-11-18(14)10-5-4-8-15(2,12-19)17-13-6-7-13/h9,11,13,17,19H,3-8,10,12H2,1-2H3. The van der Waals surface area contributed by atoms with Crippen LogP contribution in [0.15, 0.2) is 12.4 Å². The molecule has 19 heavy (non-hydrogen) atoms. The lowest BCUT2D eigenvalue weighted by Gasteiger charge is -2.29. The van der Waals surface area contributed by atoms with Gasteiger partial charge < -0.3 is 15.0 Å². The molecule has 0 radical (unpaired) electrons. The third kappa shape index (κ3) is 4.32. The first-order valence-corrected chi connectivity index (χ1v) is 7.55. The Labute approximate surface area is 116 Å². The maximum atomic E-state index is 9.55. The highest BCUT2D eigenvalue weighted by Crippen LogP contribution is 2.25. The molecule has 0 aliphatic heterocycles. The van der Waals surface area contributed by atoms with Gasteiger partial charge in [-0.1, -0.05) is 6.92 Å². The minimum atomic E-state index is -0.0936. The molecule has 2 N–H and O–H groups in total. The summed E-state index contributed by atoms with van der Waals surface area (Å²) in [5.74, 6) is 1.17. The van der Waals surface area contributed by atoms with Crippen LogP contribution in [0.25, 0.3) is 0 Å². The maximum Gasteiger partial charge on any atom is 0.108 e. The van der Waals surface area contributed by atoms with Crippen molar-refractivity contribution in [2.45, 2.75) is 70.5 Å². The molecule has 1 atom stereocenters. The largest absolute Gasteiger partial charge is 0.394 e. The van der Waals surface area contributed by atoms with E-state index in [-0.39, 0.29) is 12.1 Å². The van der Waals surface area contributed by atoms with Gasteiger partial charge in [0.05, 0.1) is 6.61 Å². The van der Waals surface area contributed by atoms with E-state index in [1.54, 1.807) is 0 Å². The molecule has 0 amide bonds. The van der Waals surface area contributed by atoms with Gasteiger partial charge >= 0.3 is 0 Å². The molecule has 0 saturated heterocycles. The zero-order valence-corrected chi connectivity index (χ0v) is 12.2. The van der Waals surface area contributed by atoms with Crippen molar-refractivity contribution in [3.63, 3.8) is 0 Å². The second-order valence-corrected chi connectivity index (χ2v) is 5.98. The highest BCUT2D eigenvalue weighted by molar-refractivity contribution is 4.93. The van der Waals surface area contributed by atoms with Crippen LogP contribution in [-0.4, -0.2) is 32.8 Å². The number of nitrogens with zero attached hydrogens (tertiary/aromatic N) is 2. The lowest BCUT2D eigenvalue weighted by molar-refractivity contribution is 0.160. The van der Waals surface area contributed by atoms with Crippen LogP contribution in [0.5, 0.6) is 0 Å². The molecule has 0 bridgehead atoms. The first-order valence-electron chi connectivity index (χ1n) is 7.55. The van der Waals surface area contributed by atoms with Gasteiger partial charge in [0.25, 0.3) is 0 Å². The van der Waals surface area contributed by atoms with Crippen molar-refractivity contribution < 1.29 is 5.11 Å². The van der Waals surface area contributed by atoms with Crippen molar-refractivity contribution in [1.82, 2.24) is 14.9 Å². The summed E-state index contributed by atoms with van der Waals surface area (Å²) in [6.45, 7) is 5.55. The van der Waals surface area contributed by atoms with Crippen LogP contribution in [0, 0.1) is 0 Å². The third-order valence-corrected chi connectivity index (χ3v) is 3.97. The lowest BCUT2D eigenvalue weighted by Crippen LogP contribution is -2.46. The van der Waals surface area contributed by atoms with Crippen LogP contribution < -0.4 is 5.32 Å². The van der Waals surface area contributed by atoms with E-state index in [0.717, 1.165) is 32.2 Å². The first-order chi connectivity index (χ1) is 9.17. The highest BCUT2D eigenvalue weighted by atomic mass is 16.3. The van der Waals surface area contributed by atoms with Crippen molar-refractivity contribution in [2.24, 2.45) is 0 Å². The Morgan fingerprint density at radius 3 is 2.89 bits per heavy atom. The Morgan fingerprint density at radius 1 is 1.47 bits per heavy atom. The molecule has 108 valence electrons. The van der Waals surface area contributed by atoms with Crippen LogP contribution in [0.3, 0.4) is 0 Å². The van der Waals surface area contributed by atoms with E-state index >= 15 is 0 Å². The quantitative estimate of drug-likeness (QED) is 0.672. The monoisotopic (exact) mass is 265 g/mol. The minimum absolute atomic E-state index is 0.0936. The van der Waals surface area contributed by atoms with Gasteiger partial charge in [-0.15, -0.1) is 0 Å². The summed E-state index contributed by atoms with van der Waals surface area (Å²) in [7, 11) is 0. The fraction of sp³-hybridized carbons (Fsp3) is 0.800. The Kier molecular flexibility index (Phi) is 4.99. The number of aryl methyl sites for hydroxylation is 2. The van der Waals surface area contributed by atoms with Crippen molar-refractivity contribution in [2.75, 3.05) is 6.61 Å². The normalized spacial score (nSPS) is 18.5. The van der Waals surface area contributed by atoms with E-state index in [9.17, 15) is 5.11 Å². The van der Waals surface area contributed by atoms with Crippen LogP contribution in [-0.2, 0) is 13.0 Å². The molecule has 1 fully saturated rings. The van der Waals surface area contributed by atoms with Crippen LogP contribution in [0.4, 0.5) is 0 Å². The smallest absolute Gasteiger partial charge is 0.108 e. The van der Waals surface area contributed by atoms with Gasteiger partial charge in [-0.3, -0.25) is 0 Å². The molecule has 1 aromatic heterocycles. The molecule has 0 spiro atoms. The van der Waals surface area contributed by atoms with E-state index in [4.69, 9.17) is 0 Å². The SMILES string of the molecule is CCc1nccn1CCCCC(C)(CO)NC1CC1. The summed E-state index contributed by atoms with van der Waals surface area (Å²) in [6, 6.07) is 0.650. The molecule has 1 aliphatic rings. The second kappa shape index (κ2) is 6.53. The number of rotatable bonds is 9. The summed E-state index contributed by atoms with van der Waals surface area (Å²) in [5, 5.41) is 13.1. The number of hydrogen-bond acceptors (Lipinski definition) is 3. The zero-order chi connectivity index (χ0) is 13.7. The topological polar surface area (TPSA) is 50.1 Å². The van der Waals surface area contributed by atoms with Crippen LogP contribution in [0.2, 0.25) is 0 Å². The van der Waals surface area contributed by atoms with E-state index in [2.05, 4.69) is 34.9 Å². The molecule has 4 heteroatoms. The van der Waals surface area contributed by atoms with E-state index in [0.29, 0.717) is 6.04 Å². The zero-order valence-electron chi connectivity index (χ0n) is 12.2. The Hall–Kier alpha value is -0.870. The summed E-state index contributed by atoms with van der Waals surface area (Å²) in [5.41, 5.74) is -0.0936. The Bertz CT molecular complexity index is 386. The van der Waals surface area contributed by atoms with Gasteiger partial charge in [-0.25, -0.2) is 4.98 Å². The van der Waals surface area contributed by atoms with E-state index < -0.39 is 0 Å². The average Bonchev–Trinajstić information content (AvgIpc) is 3.10. The number of aromatic nitrogens is 2. The second-order valence-electron chi connectivity index (χ2n) is 5.98. The van der Waals surface area contributed by atoms with Gasteiger partial charge in [0.1, 0.15) is 5.82 Å². The predicted octanol–water partition coefficient (Wildman–Crippen LogP) is 2.12. The average molecular weight is 265 g/mol. The summed E-state index contributed by atoms with van der Waals surface area (Å²) in [4.78, 5) is 4.34. The number of unbranched alkanes of at least 4 members (excludes halogenated alkanes) is 1. The van der Waals surface area contributed by atoms with Gasteiger partial charge in [0.15, 0.2) is 0 Å². The molecule has 1 saturated carbocycles. The van der Waals surface area contributed by atoms with E-state index in [1.165, 1.54) is 18.7 Å². The summed E-state index contributed by atoms with van der Waals surface area (Å²) in [6.07, 6.45) is 10.8. The fourth-order valence-corrected chi connectivity index (χ4v) is 2.57. The van der Waals surface area contributed by atoms with Gasteiger partial charge in [-0.2, -0.15) is 0 Å². The minimum Gasteiger partial charge on any atom is -0.394 e. The predicted molar refractivity (Wildman–Crippen MR) is 77.1 cm³/mol. The molecule has 2 rings (SSSR count). The number of hydrogen-bond donors (Lipinski definition) is 2. The van der Waals surface area contributed by atoms with Gasteiger partial charge in [0.2, 0.25) is 0 Å². The first kappa shape index (κ1) is 14.5. The number of nitrogens with one attached hydrogen (secondary N) is 1. The lowest BCUT2D eigenvalue weighted by atomic mass is 9.95. The Morgan fingerprint density at radius 2 is 2.26 bits per heavy atom. The Balaban J connectivity index is 1.70. The summed E-state index contributed by atoms with van der Waals surface area (Å²) >= 11 is 0. The summed E-state index contributed by atoms with van der Waals surface area (Å²) < 4.78 is 2.24. The molecular weight excluding hydrogens is 238 g/mol. The maximum absolute atomic E-state index is 9.55. The van der Waals surface area contributed by atoms with Gasteiger partial charge in [-0.05, 0) is 39.0 Å². The van der Waals surface area contributed by atoms with Crippen molar-refractivity contribution in [1.29, 1.82) is 0 Å². The highest BCUT2D eigenvalue weighted by Gasteiger charge is 2.31. The molecule has 4 nitrogen and oxygen atoms in total. The van der Waals surface area contributed by atoms with Crippen molar-refractivity contribution in [3.8, 4) is 0 Å². The van der Waals surface area contributed by atoms with Crippen molar-refractivity contribution in [3.05, 3.63) is 18.2 Å². The molecule has 1 heterocycles. The fourth-order valence-electron chi connectivity index (χ4n) is 2.57. The number of aliphatic hydroxyl groups excluding tert-OH is 1. The number of imidazole rings is 1. The molecular formula is C15H27N3O.